The van der Waals surface area contributed by atoms with Gasteiger partial charge in [0.15, 0.2) is 0 Å². The maximum absolute atomic E-state index is 13.1. The molecule has 1 spiro atoms. The van der Waals surface area contributed by atoms with Crippen molar-refractivity contribution in [2.45, 2.75) is 77.2 Å². The highest BCUT2D eigenvalue weighted by molar-refractivity contribution is 7.16. The summed E-state index contributed by atoms with van der Waals surface area (Å²) < 4.78 is 5.10. The maximum atomic E-state index is 13.1. The normalized spacial score (nSPS) is 18.6. The van der Waals surface area contributed by atoms with Crippen LogP contribution in [0, 0.1) is 0 Å². The summed E-state index contributed by atoms with van der Waals surface area (Å²) in [4.78, 5) is 52.6. The number of urea groups is 1. The van der Waals surface area contributed by atoms with Crippen molar-refractivity contribution in [2.75, 3.05) is 18.5 Å². The van der Waals surface area contributed by atoms with E-state index in [-0.39, 0.29) is 30.5 Å². The summed E-state index contributed by atoms with van der Waals surface area (Å²) in [5.74, 6) is -1.18. The third-order valence-corrected chi connectivity index (χ3v) is 7.17. The highest BCUT2D eigenvalue weighted by Crippen LogP contribution is 2.34. The molecule has 1 saturated heterocycles. The van der Waals surface area contributed by atoms with E-state index in [1.807, 2.05) is 13.8 Å². The van der Waals surface area contributed by atoms with Gasteiger partial charge in [0, 0.05) is 4.88 Å². The number of anilines is 1. The quantitative estimate of drug-likeness (QED) is 0.504. The predicted octanol–water partition coefficient (Wildman–Crippen LogP) is 4.02. The van der Waals surface area contributed by atoms with Gasteiger partial charge in [-0.1, -0.05) is 46.0 Å². The molecule has 31 heavy (non-hydrogen) atoms. The molecule has 1 aliphatic carbocycles. The third-order valence-electron chi connectivity index (χ3n) is 5.82. The minimum absolute atomic E-state index is 0.175. The number of thiophene rings is 1. The number of carbonyl (C=O) groups is 4. The Morgan fingerprint density at radius 1 is 1.19 bits per heavy atom. The van der Waals surface area contributed by atoms with Crippen molar-refractivity contribution in [2.24, 2.45) is 0 Å². The van der Waals surface area contributed by atoms with Crippen LogP contribution in [0.15, 0.2) is 6.07 Å². The predicted molar refractivity (Wildman–Crippen MR) is 118 cm³/mol. The van der Waals surface area contributed by atoms with Gasteiger partial charge in [-0.25, -0.2) is 9.59 Å². The molecule has 2 aliphatic rings. The minimum Gasteiger partial charge on any atom is -0.462 e. The van der Waals surface area contributed by atoms with E-state index in [1.165, 1.54) is 11.3 Å². The highest BCUT2D eigenvalue weighted by atomic mass is 32.1. The van der Waals surface area contributed by atoms with Crippen molar-refractivity contribution < 1.29 is 23.9 Å². The number of nitrogens with one attached hydrogen (secondary N) is 2. The third kappa shape index (κ3) is 5.08. The standard InChI is InChI=1S/C22H31N3O5S/c1-4-30-19(27)15-12-16(14(2)3)31-18(15)23-17(26)13-25-20(28)22(24-21(25)29)10-8-6-5-7-9-11-22/h12,14H,4-11,13H2,1-3H3,(H,23,26)(H,24,29). The molecule has 2 fully saturated rings. The van der Waals surface area contributed by atoms with Gasteiger partial charge in [-0.2, -0.15) is 0 Å². The lowest BCUT2D eigenvalue weighted by atomic mass is 9.84. The summed E-state index contributed by atoms with van der Waals surface area (Å²) in [6.45, 7) is 5.55. The first kappa shape index (κ1) is 23.2. The van der Waals surface area contributed by atoms with Crippen molar-refractivity contribution in [1.29, 1.82) is 0 Å². The molecule has 0 atom stereocenters. The number of nitrogens with zero attached hydrogens (tertiary/aromatic N) is 1. The fourth-order valence-electron chi connectivity index (χ4n) is 4.13. The van der Waals surface area contributed by atoms with Crippen LogP contribution in [0.1, 0.15) is 86.9 Å². The number of hydrogen-bond acceptors (Lipinski definition) is 6. The van der Waals surface area contributed by atoms with E-state index in [0.29, 0.717) is 17.8 Å². The molecule has 0 radical (unpaired) electrons. The van der Waals surface area contributed by atoms with E-state index in [9.17, 15) is 19.2 Å². The summed E-state index contributed by atoms with van der Waals surface area (Å²) >= 11 is 1.30. The van der Waals surface area contributed by atoms with Crippen molar-refractivity contribution >= 4 is 40.2 Å². The lowest BCUT2D eigenvalue weighted by Crippen LogP contribution is -2.47. The first-order valence-corrected chi connectivity index (χ1v) is 11.8. The van der Waals surface area contributed by atoms with Crippen LogP contribution in [-0.4, -0.2) is 47.4 Å². The average molecular weight is 450 g/mol. The second-order valence-corrected chi connectivity index (χ2v) is 9.57. The smallest absolute Gasteiger partial charge is 0.341 e. The summed E-state index contributed by atoms with van der Waals surface area (Å²) in [5, 5.41) is 5.94. The summed E-state index contributed by atoms with van der Waals surface area (Å²) in [5.41, 5.74) is -0.598. The maximum Gasteiger partial charge on any atom is 0.341 e. The van der Waals surface area contributed by atoms with Crippen LogP contribution in [0.3, 0.4) is 0 Å². The molecule has 4 amide bonds. The van der Waals surface area contributed by atoms with Gasteiger partial charge in [-0.3, -0.25) is 14.5 Å². The lowest BCUT2D eigenvalue weighted by Gasteiger charge is -2.28. The molecule has 170 valence electrons. The SMILES string of the molecule is CCOC(=O)c1cc(C(C)C)sc1NC(=O)CN1C(=O)NC2(CCCCCCC2)C1=O. The second kappa shape index (κ2) is 9.80. The molecular weight excluding hydrogens is 418 g/mol. The van der Waals surface area contributed by atoms with Gasteiger partial charge in [0.2, 0.25) is 5.91 Å². The number of esters is 1. The Morgan fingerprint density at radius 3 is 2.45 bits per heavy atom. The molecule has 9 heteroatoms. The Labute approximate surface area is 186 Å². The van der Waals surface area contributed by atoms with Crippen LogP contribution >= 0.6 is 11.3 Å². The summed E-state index contributed by atoms with van der Waals surface area (Å²) in [6, 6.07) is 1.19. The Bertz CT molecular complexity index is 855. The van der Waals surface area contributed by atoms with E-state index >= 15 is 0 Å². The zero-order chi connectivity index (χ0) is 22.6. The van der Waals surface area contributed by atoms with Gasteiger partial charge in [-0.15, -0.1) is 11.3 Å². The Kier molecular flexibility index (Phi) is 7.35. The fourth-order valence-corrected chi connectivity index (χ4v) is 5.19. The topological polar surface area (TPSA) is 105 Å². The Balaban J connectivity index is 1.72. The fraction of sp³-hybridized carbons (Fsp3) is 0.636. The summed E-state index contributed by atoms with van der Waals surface area (Å²) in [7, 11) is 0. The molecule has 8 nitrogen and oxygen atoms in total. The largest absolute Gasteiger partial charge is 0.462 e. The van der Waals surface area contributed by atoms with Crippen LogP contribution < -0.4 is 10.6 Å². The van der Waals surface area contributed by atoms with E-state index in [1.54, 1.807) is 13.0 Å². The van der Waals surface area contributed by atoms with E-state index in [0.717, 1.165) is 41.9 Å². The van der Waals surface area contributed by atoms with E-state index in [4.69, 9.17) is 4.74 Å². The number of imide groups is 1. The van der Waals surface area contributed by atoms with E-state index in [2.05, 4.69) is 10.6 Å². The number of rotatable bonds is 6. The molecule has 2 N–H and O–H groups in total. The first-order valence-electron chi connectivity index (χ1n) is 11.0. The van der Waals surface area contributed by atoms with Crippen LogP contribution in [0.4, 0.5) is 9.80 Å². The van der Waals surface area contributed by atoms with Crippen LogP contribution in [-0.2, 0) is 14.3 Å². The monoisotopic (exact) mass is 449 g/mol. The van der Waals surface area contributed by atoms with Gasteiger partial charge in [0.05, 0.1) is 12.2 Å². The molecule has 0 unspecified atom stereocenters. The average Bonchev–Trinajstić information content (AvgIpc) is 3.21. The number of amides is 4. The molecule has 1 saturated carbocycles. The van der Waals surface area contributed by atoms with Crippen LogP contribution in [0.25, 0.3) is 0 Å². The lowest BCUT2D eigenvalue weighted by molar-refractivity contribution is -0.134. The van der Waals surface area contributed by atoms with Gasteiger partial charge < -0.3 is 15.4 Å². The molecule has 1 aliphatic heterocycles. The molecule has 0 bridgehead atoms. The van der Waals surface area contributed by atoms with Gasteiger partial charge in [-0.05, 0) is 31.7 Å². The highest BCUT2D eigenvalue weighted by Gasteiger charge is 2.50. The summed E-state index contributed by atoms with van der Waals surface area (Å²) in [6.07, 6.45) is 6.19. The molecule has 3 rings (SSSR count). The zero-order valence-electron chi connectivity index (χ0n) is 18.4. The second-order valence-electron chi connectivity index (χ2n) is 8.49. The number of ether oxygens (including phenoxy) is 1. The van der Waals surface area contributed by atoms with Gasteiger partial charge in [0.25, 0.3) is 5.91 Å². The molecular formula is C22H31N3O5S. The minimum atomic E-state index is -0.887. The number of hydrogen-bond donors (Lipinski definition) is 2. The molecule has 0 aromatic carbocycles. The van der Waals surface area contributed by atoms with Crippen LogP contribution in [0.2, 0.25) is 0 Å². The molecule has 1 aromatic rings. The van der Waals surface area contributed by atoms with Gasteiger partial charge >= 0.3 is 12.0 Å². The Morgan fingerprint density at radius 2 is 1.84 bits per heavy atom. The molecule has 1 aromatic heterocycles. The zero-order valence-corrected chi connectivity index (χ0v) is 19.2. The number of carbonyl (C=O) groups excluding carboxylic acids is 4. The van der Waals surface area contributed by atoms with E-state index < -0.39 is 23.4 Å². The van der Waals surface area contributed by atoms with Gasteiger partial charge in [0.1, 0.15) is 17.1 Å². The first-order chi connectivity index (χ1) is 14.8. The molecule has 2 heterocycles. The van der Waals surface area contributed by atoms with Crippen molar-refractivity contribution in [1.82, 2.24) is 10.2 Å². The van der Waals surface area contributed by atoms with Crippen molar-refractivity contribution in [3.8, 4) is 0 Å². The van der Waals surface area contributed by atoms with Crippen molar-refractivity contribution in [3.05, 3.63) is 16.5 Å². The van der Waals surface area contributed by atoms with Crippen LogP contribution in [0.5, 0.6) is 0 Å². The van der Waals surface area contributed by atoms with Crippen molar-refractivity contribution in [3.63, 3.8) is 0 Å². The Hall–Kier alpha value is -2.42.